The maximum absolute atomic E-state index is 11.4. The molecule has 2 aromatic carbocycles. The van der Waals surface area contributed by atoms with Crippen LogP contribution in [0.15, 0.2) is 41.1 Å². The summed E-state index contributed by atoms with van der Waals surface area (Å²) in [5.41, 5.74) is 3.72. The molecule has 0 heterocycles. The number of hydrogen-bond acceptors (Lipinski definition) is 3. The van der Waals surface area contributed by atoms with Gasteiger partial charge in [0.1, 0.15) is 11.4 Å². The molecule has 0 aliphatic heterocycles. The summed E-state index contributed by atoms with van der Waals surface area (Å²) in [5, 5.41) is 15.5. The maximum Gasteiger partial charge on any atom is 0.127 e. The molecule has 0 saturated carbocycles. The van der Waals surface area contributed by atoms with Crippen LogP contribution in [0.1, 0.15) is 42.7 Å². The number of aromatic hydroxyl groups is 1. The summed E-state index contributed by atoms with van der Waals surface area (Å²) in [6, 6.07) is 7.49. The lowest BCUT2D eigenvalue weighted by Crippen LogP contribution is -2.20. The van der Waals surface area contributed by atoms with E-state index in [-0.39, 0.29) is 11.8 Å². The minimum atomic E-state index is 0.222. The Bertz CT molecular complexity index is 776. The van der Waals surface area contributed by atoms with Crippen molar-refractivity contribution in [2.24, 2.45) is 5.18 Å². The zero-order valence-corrected chi connectivity index (χ0v) is 11.3. The highest BCUT2D eigenvalue weighted by atomic mass is 16.3. The first kappa shape index (κ1) is 11.6. The van der Waals surface area contributed by atoms with E-state index in [2.05, 4.69) is 18.2 Å². The lowest BCUT2D eigenvalue weighted by Gasteiger charge is -2.38. The molecule has 3 aliphatic rings. The number of rotatable bonds is 1. The zero-order chi connectivity index (χ0) is 13.9. The summed E-state index contributed by atoms with van der Waals surface area (Å²) in [4.78, 5) is 11.4. The number of benzene rings is 2. The third-order valence-electron chi connectivity index (χ3n) is 4.83. The van der Waals surface area contributed by atoms with Crippen molar-refractivity contribution in [2.45, 2.75) is 31.6 Å². The van der Waals surface area contributed by atoms with Crippen LogP contribution in [0.25, 0.3) is 10.8 Å². The molecular formula is C17H15NO2. The second-order valence-electron chi connectivity index (χ2n) is 5.81. The predicted octanol–water partition coefficient (Wildman–Crippen LogP) is 4.86. The lowest BCUT2D eigenvalue weighted by atomic mass is 9.66. The van der Waals surface area contributed by atoms with Gasteiger partial charge in [0, 0.05) is 28.2 Å². The molecule has 2 bridgehead atoms. The van der Waals surface area contributed by atoms with Crippen LogP contribution in [0.5, 0.6) is 5.75 Å². The summed E-state index contributed by atoms with van der Waals surface area (Å²) < 4.78 is 0. The molecule has 2 aromatic rings. The first-order valence-corrected chi connectivity index (χ1v) is 7.01. The Labute approximate surface area is 116 Å². The van der Waals surface area contributed by atoms with Gasteiger partial charge in [0.25, 0.3) is 0 Å². The Kier molecular flexibility index (Phi) is 2.28. The summed E-state index contributed by atoms with van der Waals surface area (Å²) in [6.07, 6.45) is 4.32. The smallest absolute Gasteiger partial charge is 0.127 e. The van der Waals surface area contributed by atoms with Crippen LogP contribution < -0.4 is 0 Å². The molecular weight excluding hydrogens is 250 g/mol. The first-order chi connectivity index (χ1) is 9.72. The van der Waals surface area contributed by atoms with Crippen molar-refractivity contribution in [3.05, 3.63) is 51.9 Å². The van der Waals surface area contributed by atoms with Gasteiger partial charge in [-0.3, -0.25) is 0 Å². The van der Waals surface area contributed by atoms with E-state index in [4.69, 9.17) is 0 Å². The summed E-state index contributed by atoms with van der Waals surface area (Å²) in [6.45, 7) is 2.11. The molecule has 3 nitrogen and oxygen atoms in total. The molecule has 3 heteroatoms. The molecule has 100 valence electrons. The SMILES string of the molecule is CC1=C[C@H]2CC[C@H]1c1c2c(O)c2ccccc2c1N=O. The Morgan fingerprint density at radius 2 is 1.90 bits per heavy atom. The number of nitroso groups, excluding NO2 is 1. The molecule has 0 saturated heterocycles. The number of nitrogens with zero attached hydrogens (tertiary/aromatic N) is 1. The van der Waals surface area contributed by atoms with Gasteiger partial charge < -0.3 is 5.11 Å². The van der Waals surface area contributed by atoms with E-state index in [1.54, 1.807) is 0 Å². The largest absolute Gasteiger partial charge is 0.507 e. The number of fused-ring (bicyclic) bond motifs is 2. The Morgan fingerprint density at radius 1 is 1.15 bits per heavy atom. The van der Waals surface area contributed by atoms with Gasteiger partial charge in [0.05, 0.1) is 0 Å². The number of phenols is 1. The van der Waals surface area contributed by atoms with Crippen molar-refractivity contribution in [3.63, 3.8) is 0 Å². The van der Waals surface area contributed by atoms with E-state index < -0.39 is 0 Å². The molecule has 0 amide bonds. The minimum absolute atomic E-state index is 0.222. The van der Waals surface area contributed by atoms with E-state index in [1.165, 1.54) is 5.57 Å². The molecule has 5 rings (SSSR count). The standard InChI is InChI=1S/C17H15NO2/c1-9-8-10-6-7-11(9)15-14(10)17(19)13-5-3-2-4-12(13)16(15)18-20/h2-5,8,10-11,19H,6-7H2,1H3/t10-,11-/m1/s1. The summed E-state index contributed by atoms with van der Waals surface area (Å²) in [5.74, 6) is 0.791. The highest BCUT2D eigenvalue weighted by molar-refractivity contribution is 6.00. The van der Waals surface area contributed by atoms with Gasteiger partial charge in [-0.1, -0.05) is 35.9 Å². The minimum Gasteiger partial charge on any atom is -0.507 e. The van der Waals surface area contributed by atoms with Gasteiger partial charge in [0.15, 0.2) is 0 Å². The van der Waals surface area contributed by atoms with Crippen molar-refractivity contribution in [3.8, 4) is 5.75 Å². The van der Waals surface area contributed by atoms with E-state index in [0.717, 1.165) is 34.7 Å². The molecule has 0 aromatic heterocycles. The molecule has 0 unspecified atom stereocenters. The van der Waals surface area contributed by atoms with Crippen LogP contribution in [0, 0.1) is 4.91 Å². The Morgan fingerprint density at radius 3 is 2.60 bits per heavy atom. The fraction of sp³-hybridized carbons (Fsp3) is 0.294. The third kappa shape index (κ3) is 1.30. The average molecular weight is 265 g/mol. The Balaban J connectivity index is 2.19. The van der Waals surface area contributed by atoms with Gasteiger partial charge in [-0.05, 0) is 30.5 Å². The van der Waals surface area contributed by atoms with Gasteiger partial charge in [-0.2, -0.15) is 0 Å². The fourth-order valence-electron chi connectivity index (χ4n) is 3.96. The second-order valence-corrected chi connectivity index (χ2v) is 5.81. The second kappa shape index (κ2) is 3.92. The van der Waals surface area contributed by atoms with Crippen molar-refractivity contribution >= 4 is 16.5 Å². The molecule has 2 atom stereocenters. The monoisotopic (exact) mass is 265 g/mol. The van der Waals surface area contributed by atoms with Crippen molar-refractivity contribution in [1.82, 2.24) is 0 Å². The van der Waals surface area contributed by atoms with Crippen LogP contribution in [0.4, 0.5) is 5.69 Å². The highest BCUT2D eigenvalue weighted by Gasteiger charge is 2.37. The van der Waals surface area contributed by atoms with Crippen LogP contribution >= 0.6 is 0 Å². The quantitative estimate of drug-likeness (QED) is 0.591. The average Bonchev–Trinajstić information content (AvgIpc) is 2.48. The molecule has 1 N–H and O–H groups in total. The van der Waals surface area contributed by atoms with E-state index in [9.17, 15) is 10.0 Å². The topological polar surface area (TPSA) is 49.7 Å². The lowest BCUT2D eigenvalue weighted by molar-refractivity contribution is 0.449. The maximum atomic E-state index is 11.4. The van der Waals surface area contributed by atoms with Crippen LogP contribution in [-0.4, -0.2) is 5.11 Å². The normalized spacial score (nSPS) is 23.6. The molecule has 0 fully saturated rings. The molecule has 0 radical (unpaired) electrons. The summed E-state index contributed by atoms with van der Waals surface area (Å²) >= 11 is 0. The molecule has 3 aliphatic carbocycles. The van der Waals surface area contributed by atoms with Crippen LogP contribution in [0.2, 0.25) is 0 Å². The van der Waals surface area contributed by atoms with E-state index in [0.29, 0.717) is 11.4 Å². The third-order valence-corrected chi connectivity index (χ3v) is 4.83. The van der Waals surface area contributed by atoms with E-state index >= 15 is 0 Å². The molecule has 0 spiro atoms. The van der Waals surface area contributed by atoms with E-state index in [1.807, 2.05) is 24.3 Å². The van der Waals surface area contributed by atoms with Crippen molar-refractivity contribution in [2.75, 3.05) is 0 Å². The number of phenolic OH excluding ortho intramolecular Hbond substituents is 1. The Hall–Kier alpha value is -2.16. The summed E-state index contributed by atoms with van der Waals surface area (Å²) in [7, 11) is 0. The zero-order valence-electron chi connectivity index (χ0n) is 11.3. The van der Waals surface area contributed by atoms with Crippen molar-refractivity contribution in [1.29, 1.82) is 0 Å². The predicted molar refractivity (Wildman–Crippen MR) is 79.5 cm³/mol. The number of allylic oxidation sites excluding steroid dienone is 2. The number of hydrogen-bond donors (Lipinski definition) is 1. The van der Waals surface area contributed by atoms with Gasteiger partial charge in [-0.25, -0.2) is 0 Å². The van der Waals surface area contributed by atoms with Crippen molar-refractivity contribution < 1.29 is 5.11 Å². The van der Waals surface area contributed by atoms with Gasteiger partial charge in [0.2, 0.25) is 0 Å². The van der Waals surface area contributed by atoms with Crippen LogP contribution in [0.3, 0.4) is 0 Å². The van der Waals surface area contributed by atoms with Crippen LogP contribution in [-0.2, 0) is 0 Å². The first-order valence-electron chi connectivity index (χ1n) is 7.01. The highest BCUT2D eigenvalue weighted by Crippen LogP contribution is 2.57. The molecule has 20 heavy (non-hydrogen) atoms. The van der Waals surface area contributed by atoms with Gasteiger partial charge in [-0.15, -0.1) is 4.91 Å². The van der Waals surface area contributed by atoms with Gasteiger partial charge >= 0.3 is 0 Å². The fourth-order valence-corrected chi connectivity index (χ4v) is 3.96.